The first kappa shape index (κ1) is 26.0. The van der Waals surface area contributed by atoms with Crippen LogP contribution >= 0.6 is 11.8 Å². The summed E-state index contributed by atoms with van der Waals surface area (Å²) in [6, 6.07) is 25.3. The Balaban J connectivity index is 1.30. The molecule has 1 fully saturated rings. The molecule has 0 saturated carbocycles. The van der Waals surface area contributed by atoms with Crippen molar-refractivity contribution in [3.05, 3.63) is 117 Å². The van der Waals surface area contributed by atoms with Gasteiger partial charge >= 0.3 is 0 Å². The van der Waals surface area contributed by atoms with E-state index in [1.54, 1.807) is 36.4 Å². The number of hydrogen-bond donors (Lipinski definition) is 0. The van der Waals surface area contributed by atoms with E-state index >= 15 is 0 Å². The minimum atomic E-state index is -0.450. The fourth-order valence-electron chi connectivity index (χ4n) is 4.18. The van der Waals surface area contributed by atoms with Gasteiger partial charge in [0.15, 0.2) is 11.5 Å². The molecule has 0 aromatic heterocycles. The Morgan fingerprint density at radius 2 is 1.62 bits per heavy atom. The zero-order chi connectivity index (χ0) is 27.4. The molecule has 0 aliphatic carbocycles. The highest BCUT2D eigenvalue weighted by Gasteiger charge is 2.35. The molecule has 0 unspecified atom stereocenters. The van der Waals surface area contributed by atoms with Crippen molar-refractivity contribution in [2.45, 2.75) is 20.1 Å². The Morgan fingerprint density at radius 3 is 2.36 bits per heavy atom. The van der Waals surface area contributed by atoms with Crippen LogP contribution in [0.3, 0.4) is 0 Å². The van der Waals surface area contributed by atoms with Gasteiger partial charge in [-0.15, -0.1) is 0 Å². The molecule has 0 spiro atoms. The zero-order valence-corrected chi connectivity index (χ0v) is 21.9. The summed E-state index contributed by atoms with van der Waals surface area (Å²) in [5.74, 6) is 0.648. The molecule has 1 saturated heterocycles. The van der Waals surface area contributed by atoms with E-state index in [1.165, 1.54) is 17.0 Å². The molecule has 8 nitrogen and oxygen atoms in total. The minimum Gasteiger partial charge on any atom is -0.490 e. The Bertz CT molecular complexity index is 1600. The van der Waals surface area contributed by atoms with Crippen LogP contribution in [0.4, 0.5) is 10.5 Å². The van der Waals surface area contributed by atoms with Crippen molar-refractivity contribution >= 4 is 45.4 Å². The van der Waals surface area contributed by atoms with E-state index in [0.717, 1.165) is 33.7 Å². The SMILES string of the molecule is CCOc1cc(/C=C2\SC(=O)N(Cc3ccc4ccccc4c3)C2=O)ccc1OCc1ccc([N+](=O)[O-])cc1. The fourth-order valence-corrected chi connectivity index (χ4v) is 5.02. The van der Waals surface area contributed by atoms with Crippen molar-refractivity contribution in [1.82, 2.24) is 4.90 Å². The number of imide groups is 1. The lowest BCUT2D eigenvalue weighted by atomic mass is 10.1. The number of benzene rings is 4. The first-order valence-electron chi connectivity index (χ1n) is 12.3. The largest absolute Gasteiger partial charge is 0.490 e. The van der Waals surface area contributed by atoms with Crippen LogP contribution in [0.1, 0.15) is 23.6 Å². The van der Waals surface area contributed by atoms with E-state index in [0.29, 0.717) is 28.6 Å². The van der Waals surface area contributed by atoms with E-state index in [-0.39, 0.29) is 30.0 Å². The van der Waals surface area contributed by atoms with Crippen molar-refractivity contribution in [2.24, 2.45) is 0 Å². The van der Waals surface area contributed by atoms with E-state index < -0.39 is 4.92 Å². The molecule has 1 aliphatic rings. The second-order valence-corrected chi connectivity index (χ2v) is 9.79. The van der Waals surface area contributed by atoms with Crippen LogP contribution in [-0.2, 0) is 17.9 Å². The van der Waals surface area contributed by atoms with Gasteiger partial charge in [0, 0.05) is 12.1 Å². The molecule has 2 amide bonds. The molecule has 0 bridgehead atoms. The van der Waals surface area contributed by atoms with Gasteiger partial charge in [0.2, 0.25) is 0 Å². The molecule has 39 heavy (non-hydrogen) atoms. The molecule has 1 heterocycles. The second-order valence-electron chi connectivity index (χ2n) is 8.80. The standard InChI is InChI=1S/C30H24N2O6S/c1-2-37-27-16-21(10-14-26(27)38-19-20-8-12-25(13-9-20)32(35)36)17-28-29(33)31(30(34)39-28)18-22-7-11-23-5-3-4-6-24(23)15-22/h3-17H,2,18-19H2,1H3/b28-17-. The number of non-ortho nitro benzene ring substituents is 1. The molecule has 0 atom stereocenters. The smallest absolute Gasteiger partial charge is 0.293 e. The summed E-state index contributed by atoms with van der Waals surface area (Å²) in [7, 11) is 0. The highest BCUT2D eigenvalue weighted by molar-refractivity contribution is 8.18. The van der Waals surface area contributed by atoms with Gasteiger partial charge in [-0.05, 0) is 82.6 Å². The Labute approximate surface area is 229 Å². The third-order valence-corrected chi connectivity index (χ3v) is 7.04. The quantitative estimate of drug-likeness (QED) is 0.128. The van der Waals surface area contributed by atoms with Gasteiger partial charge in [-0.3, -0.25) is 24.6 Å². The summed E-state index contributed by atoms with van der Waals surface area (Å²) >= 11 is 0.912. The maximum Gasteiger partial charge on any atom is 0.293 e. The number of fused-ring (bicyclic) bond motifs is 1. The van der Waals surface area contributed by atoms with Crippen LogP contribution < -0.4 is 9.47 Å². The summed E-state index contributed by atoms with van der Waals surface area (Å²) in [5.41, 5.74) is 2.36. The lowest BCUT2D eigenvalue weighted by molar-refractivity contribution is -0.384. The summed E-state index contributed by atoms with van der Waals surface area (Å²) in [6.07, 6.45) is 1.67. The van der Waals surface area contributed by atoms with Crippen molar-refractivity contribution in [1.29, 1.82) is 0 Å². The summed E-state index contributed by atoms with van der Waals surface area (Å²) in [6.45, 7) is 2.65. The number of nitro groups is 1. The number of amides is 2. The number of ether oxygens (including phenoxy) is 2. The van der Waals surface area contributed by atoms with Crippen LogP contribution in [0.15, 0.2) is 89.8 Å². The van der Waals surface area contributed by atoms with Crippen LogP contribution in [0, 0.1) is 10.1 Å². The Morgan fingerprint density at radius 1 is 0.872 bits per heavy atom. The maximum absolute atomic E-state index is 13.1. The second kappa shape index (κ2) is 11.4. The van der Waals surface area contributed by atoms with Gasteiger partial charge < -0.3 is 9.47 Å². The van der Waals surface area contributed by atoms with Crippen molar-refractivity contribution in [2.75, 3.05) is 6.61 Å². The lowest BCUT2D eigenvalue weighted by Gasteiger charge is -2.13. The predicted molar refractivity (Wildman–Crippen MR) is 151 cm³/mol. The summed E-state index contributed by atoms with van der Waals surface area (Å²) in [4.78, 5) is 37.8. The number of carbonyl (C=O) groups excluding carboxylic acids is 2. The normalized spacial score (nSPS) is 14.3. The average molecular weight is 541 g/mol. The molecule has 5 rings (SSSR count). The highest BCUT2D eigenvalue weighted by atomic mass is 32.2. The molecule has 0 N–H and O–H groups in total. The average Bonchev–Trinajstić information content (AvgIpc) is 3.20. The van der Waals surface area contributed by atoms with Gasteiger partial charge in [-0.1, -0.05) is 42.5 Å². The molecule has 0 radical (unpaired) electrons. The Hall–Kier alpha value is -4.63. The fraction of sp³-hybridized carbons (Fsp3) is 0.133. The maximum atomic E-state index is 13.1. The molecule has 9 heteroatoms. The van der Waals surface area contributed by atoms with Crippen LogP contribution in [0.2, 0.25) is 0 Å². The molecule has 1 aliphatic heterocycles. The van der Waals surface area contributed by atoms with Gasteiger partial charge in [-0.2, -0.15) is 0 Å². The number of hydrogen-bond acceptors (Lipinski definition) is 7. The zero-order valence-electron chi connectivity index (χ0n) is 21.0. The van der Waals surface area contributed by atoms with E-state index in [2.05, 4.69) is 0 Å². The summed E-state index contributed by atoms with van der Waals surface area (Å²) in [5, 5.41) is 12.7. The van der Waals surface area contributed by atoms with E-state index in [9.17, 15) is 19.7 Å². The highest BCUT2D eigenvalue weighted by Crippen LogP contribution is 2.36. The monoisotopic (exact) mass is 540 g/mol. The molecule has 4 aromatic carbocycles. The van der Waals surface area contributed by atoms with Crippen molar-refractivity contribution < 1.29 is 24.0 Å². The van der Waals surface area contributed by atoms with E-state index in [4.69, 9.17) is 9.47 Å². The molecule has 196 valence electrons. The number of nitro benzene ring substituents is 1. The van der Waals surface area contributed by atoms with Crippen molar-refractivity contribution in [3.63, 3.8) is 0 Å². The van der Waals surface area contributed by atoms with Gasteiger partial charge in [0.1, 0.15) is 6.61 Å². The minimum absolute atomic E-state index is 0.0137. The molecule has 4 aromatic rings. The third-order valence-electron chi connectivity index (χ3n) is 6.14. The molecular weight excluding hydrogens is 516 g/mol. The predicted octanol–water partition coefficient (Wildman–Crippen LogP) is 6.96. The van der Waals surface area contributed by atoms with Gasteiger partial charge in [0.05, 0.1) is 23.0 Å². The van der Waals surface area contributed by atoms with Gasteiger partial charge in [-0.25, -0.2) is 0 Å². The van der Waals surface area contributed by atoms with Crippen LogP contribution in [-0.4, -0.2) is 27.6 Å². The lowest BCUT2D eigenvalue weighted by Crippen LogP contribution is -2.27. The first-order valence-corrected chi connectivity index (χ1v) is 13.1. The first-order chi connectivity index (χ1) is 18.9. The van der Waals surface area contributed by atoms with E-state index in [1.807, 2.05) is 49.4 Å². The number of nitrogens with zero attached hydrogens (tertiary/aromatic N) is 2. The van der Waals surface area contributed by atoms with Crippen molar-refractivity contribution in [3.8, 4) is 11.5 Å². The Kier molecular flexibility index (Phi) is 7.60. The number of thioether (sulfide) groups is 1. The third kappa shape index (κ3) is 5.94. The number of carbonyl (C=O) groups is 2. The van der Waals surface area contributed by atoms with Crippen LogP contribution in [0.5, 0.6) is 11.5 Å². The molecular formula is C30H24N2O6S. The van der Waals surface area contributed by atoms with Crippen LogP contribution in [0.25, 0.3) is 16.8 Å². The van der Waals surface area contributed by atoms with Gasteiger partial charge in [0.25, 0.3) is 16.8 Å². The topological polar surface area (TPSA) is 99.0 Å². The summed E-state index contributed by atoms with van der Waals surface area (Å²) < 4.78 is 11.7. The number of rotatable bonds is 9.